The second-order valence-corrected chi connectivity index (χ2v) is 9.16. The molecule has 0 aliphatic carbocycles. The molecule has 198 valence electrons. The number of ether oxygens (including phenoxy) is 5. The molecule has 2 heterocycles. The number of hydrogen-bond acceptors (Lipinski definition) is 7. The van der Waals surface area contributed by atoms with Crippen molar-refractivity contribution >= 4 is 11.8 Å². The Balaban J connectivity index is 1.38. The molecule has 0 saturated carbocycles. The highest BCUT2D eigenvalue weighted by Crippen LogP contribution is 2.40. The zero-order chi connectivity index (χ0) is 26.6. The topological polar surface area (TPSA) is 95.6 Å². The highest BCUT2D eigenvalue weighted by atomic mass is 16.7. The van der Waals surface area contributed by atoms with E-state index in [-0.39, 0.29) is 31.1 Å². The van der Waals surface area contributed by atoms with Gasteiger partial charge in [0.15, 0.2) is 11.5 Å². The van der Waals surface area contributed by atoms with Gasteiger partial charge < -0.3 is 33.9 Å². The largest absolute Gasteiger partial charge is 0.497 e. The highest BCUT2D eigenvalue weighted by molar-refractivity contribution is 5.95. The van der Waals surface area contributed by atoms with E-state index in [0.29, 0.717) is 47.4 Å². The first-order valence-corrected chi connectivity index (χ1v) is 12.3. The molecule has 2 aliphatic heterocycles. The van der Waals surface area contributed by atoms with Crippen LogP contribution in [0.1, 0.15) is 27.4 Å². The minimum atomic E-state index is -0.478. The van der Waals surface area contributed by atoms with E-state index < -0.39 is 5.92 Å². The molecule has 2 atom stereocenters. The van der Waals surface area contributed by atoms with E-state index in [0.717, 1.165) is 11.1 Å². The lowest BCUT2D eigenvalue weighted by Gasteiger charge is -2.21. The quantitative estimate of drug-likeness (QED) is 0.487. The lowest BCUT2D eigenvalue weighted by Crippen LogP contribution is -2.35. The van der Waals surface area contributed by atoms with Gasteiger partial charge in [-0.1, -0.05) is 12.1 Å². The van der Waals surface area contributed by atoms with Gasteiger partial charge in [-0.3, -0.25) is 9.59 Å². The Hall–Kier alpha value is -4.40. The van der Waals surface area contributed by atoms with Gasteiger partial charge in [0.1, 0.15) is 17.2 Å². The van der Waals surface area contributed by atoms with Crippen molar-refractivity contribution in [2.24, 2.45) is 5.92 Å². The lowest BCUT2D eigenvalue weighted by atomic mass is 9.87. The summed E-state index contributed by atoms with van der Waals surface area (Å²) in [5.74, 6) is 2.25. The van der Waals surface area contributed by atoms with Crippen LogP contribution < -0.4 is 29.0 Å². The van der Waals surface area contributed by atoms with E-state index in [1.54, 1.807) is 56.6 Å². The Kier molecular flexibility index (Phi) is 7.26. The van der Waals surface area contributed by atoms with E-state index in [9.17, 15) is 9.59 Å². The van der Waals surface area contributed by atoms with Gasteiger partial charge in [-0.2, -0.15) is 0 Å². The molecule has 9 heteroatoms. The summed E-state index contributed by atoms with van der Waals surface area (Å²) in [5, 5.41) is 3.05. The summed E-state index contributed by atoms with van der Waals surface area (Å²) in [4.78, 5) is 28.7. The van der Waals surface area contributed by atoms with Gasteiger partial charge in [0.2, 0.25) is 12.7 Å². The zero-order valence-electron chi connectivity index (χ0n) is 21.6. The normalized spacial score (nSPS) is 17.7. The molecule has 38 heavy (non-hydrogen) atoms. The number of amides is 2. The van der Waals surface area contributed by atoms with Gasteiger partial charge in [-0.05, 0) is 48.0 Å². The summed E-state index contributed by atoms with van der Waals surface area (Å²) >= 11 is 0. The average molecular weight is 519 g/mol. The number of benzene rings is 3. The van der Waals surface area contributed by atoms with Crippen LogP contribution in [0, 0.1) is 5.92 Å². The van der Waals surface area contributed by atoms with E-state index in [1.165, 1.54) is 0 Å². The predicted octanol–water partition coefficient (Wildman–Crippen LogP) is 3.61. The van der Waals surface area contributed by atoms with Crippen molar-refractivity contribution in [1.29, 1.82) is 0 Å². The second-order valence-electron chi connectivity index (χ2n) is 9.16. The standard InChI is InChI=1S/C29H30N2O7/c1-34-20-7-5-19(6-8-20)29(33)31-15-23(22-10-9-21(35-2)13-26(22)36-3)24(16-31)28(32)30-14-18-4-11-25-27(12-18)38-17-37-25/h4-13,23-24H,14-17H2,1-3H3,(H,30,32)/t23-,24+/m1/s1. The first kappa shape index (κ1) is 25.3. The first-order valence-electron chi connectivity index (χ1n) is 12.3. The zero-order valence-corrected chi connectivity index (χ0v) is 21.6. The predicted molar refractivity (Wildman–Crippen MR) is 139 cm³/mol. The van der Waals surface area contributed by atoms with Crippen LogP contribution in [0.4, 0.5) is 0 Å². The Morgan fingerprint density at radius 1 is 0.868 bits per heavy atom. The van der Waals surface area contributed by atoms with Crippen LogP contribution in [-0.2, 0) is 11.3 Å². The Bertz CT molecular complexity index is 1330. The number of carbonyl (C=O) groups excluding carboxylic acids is 2. The second kappa shape index (κ2) is 10.9. The maximum absolute atomic E-state index is 13.6. The first-order chi connectivity index (χ1) is 18.5. The van der Waals surface area contributed by atoms with Gasteiger partial charge in [0.05, 0.1) is 27.2 Å². The number of carbonyl (C=O) groups is 2. The molecule has 0 spiro atoms. The summed E-state index contributed by atoms with van der Waals surface area (Å²) < 4.78 is 27.0. The van der Waals surface area contributed by atoms with Crippen LogP contribution in [0.15, 0.2) is 60.7 Å². The third-order valence-corrected chi connectivity index (χ3v) is 7.02. The Morgan fingerprint density at radius 2 is 1.61 bits per heavy atom. The van der Waals surface area contributed by atoms with Gasteiger partial charge in [0.25, 0.3) is 5.91 Å². The fraction of sp³-hybridized carbons (Fsp3) is 0.310. The summed E-state index contributed by atoms with van der Waals surface area (Å²) in [5.41, 5.74) is 2.28. The molecule has 2 aliphatic rings. The molecule has 0 bridgehead atoms. The van der Waals surface area contributed by atoms with Crippen LogP contribution >= 0.6 is 0 Å². The van der Waals surface area contributed by atoms with Gasteiger partial charge in [-0.15, -0.1) is 0 Å². The lowest BCUT2D eigenvalue weighted by molar-refractivity contribution is -0.125. The van der Waals surface area contributed by atoms with Crippen LogP contribution in [-0.4, -0.2) is 57.9 Å². The number of methoxy groups -OCH3 is 3. The maximum Gasteiger partial charge on any atom is 0.253 e. The molecular formula is C29H30N2O7. The van der Waals surface area contributed by atoms with Crippen molar-refractivity contribution in [3.8, 4) is 28.7 Å². The number of fused-ring (bicyclic) bond motifs is 1. The highest BCUT2D eigenvalue weighted by Gasteiger charge is 2.41. The molecule has 2 amide bonds. The summed E-state index contributed by atoms with van der Waals surface area (Å²) in [6, 6.07) is 18.1. The molecule has 5 rings (SSSR count). The van der Waals surface area contributed by atoms with Gasteiger partial charge >= 0.3 is 0 Å². The molecule has 9 nitrogen and oxygen atoms in total. The summed E-state index contributed by atoms with van der Waals surface area (Å²) in [6.07, 6.45) is 0. The Labute approximate surface area is 221 Å². The molecule has 1 N–H and O–H groups in total. The fourth-order valence-corrected chi connectivity index (χ4v) is 4.96. The molecule has 1 fully saturated rings. The molecule has 3 aromatic carbocycles. The van der Waals surface area contributed by atoms with E-state index in [2.05, 4.69) is 5.32 Å². The smallest absolute Gasteiger partial charge is 0.253 e. The minimum absolute atomic E-state index is 0.142. The van der Waals surface area contributed by atoms with Crippen molar-refractivity contribution in [3.05, 3.63) is 77.4 Å². The molecule has 0 radical (unpaired) electrons. The van der Waals surface area contributed by atoms with Crippen LogP contribution in [0.25, 0.3) is 0 Å². The van der Waals surface area contributed by atoms with E-state index in [1.807, 2.05) is 30.3 Å². The molecule has 3 aromatic rings. The molecular weight excluding hydrogens is 488 g/mol. The monoisotopic (exact) mass is 518 g/mol. The third-order valence-electron chi connectivity index (χ3n) is 7.02. The Morgan fingerprint density at radius 3 is 2.34 bits per heavy atom. The average Bonchev–Trinajstić information content (AvgIpc) is 3.62. The third kappa shape index (κ3) is 5.04. The fourth-order valence-electron chi connectivity index (χ4n) is 4.96. The van der Waals surface area contributed by atoms with Crippen molar-refractivity contribution in [3.63, 3.8) is 0 Å². The number of nitrogens with one attached hydrogen (secondary N) is 1. The summed E-state index contributed by atoms with van der Waals surface area (Å²) in [6.45, 7) is 1.16. The SMILES string of the molecule is COc1ccc(C(=O)N2C[C@H](C(=O)NCc3ccc4c(c3)OCO4)[C@@H](c3ccc(OC)cc3OC)C2)cc1. The number of rotatable bonds is 8. The van der Waals surface area contributed by atoms with Crippen LogP contribution in [0.5, 0.6) is 28.7 Å². The number of hydrogen-bond donors (Lipinski definition) is 1. The van der Waals surface area contributed by atoms with Crippen molar-refractivity contribution in [1.82, 2.24) is 10.2 Å². The van der Waals surface area contributed by atoms with Crippen LogP contribution in [0.3, 0.4) is 0 Å². The maximum atomic E-state index is 13.6. The van der Waals surface area contributed by atoms with Crippen molar-refractivity contribution in [2.75, 3.05) is 41.2 Å². The summed E-state index contributed by atoms with van der Waals surface area (Å²) in [7, 11) is 4.75. The molecule has 1 saturated heterocycles. The molecule has 0 unspecified atom stereocenters. The van der Waals surface area contributed by atoms with E-state index >= 15 is 0 Å². The molecule has 0 aromatic heterocycles. The van der Waals surface area contributed by atoms with Crippen LogP contribution in [0.2, 0.25) is 0 Å². The van der Waals surface area contributed by atoms with Crippen molar-refractivity contribution in [2.45, 2.75) is 12.5 Å². The van der Waals surface area contributed by atoms with E-state index in [4.69, 9.17) is 23.7 Å². The van der Waals surface area contributed by atoms with Gasteiger partial charge in [0, 0.05) is 42.7 Å². The van der Waals surface area contributed by atoms with Gasteiger partial charge in [-0.25, -0.2) is 0 Å². The number of nitrogens with zero attached hydrogens (tertiary/aromatic N) is 1. The van der Waals surface area contributed by atoms with Crippen molar-refractivity contribution < 1.29 is 33.3 Å². The minimum Gasteiger partial charge on any atom is -0.497 e. The number of likely N-dealkylation sites (tertiary alicyclic amines) is 1.